The Labute approximate surface area is 204 Å². The van der Waals surface area contributed by atoms with Gasteiger partial charge in [-0.15, -0.1) is 0 Å². The van der Waals surface area contributed by atoms with Gasteiger partial charge in [0.2, 0.25) is 15.9 Å². The van der Waals surface area contributed by atoms with Crippen LogP contribution in [-0.2, 0) is 21.4 Å². The number of nitro groups is 1. The number of carbonyl (C=O) groups is 1. The van der Waals surface area contributed by atoms with E-state index in [0.717, 1.165) is 23.8 Å². The molecule has 1 aromatic heterocycles. The number of amides is 1. The van der Waals surface area contributed by atoms with Gasteiger partial charge in [0.25, 0.3) is 0 Å². The van der Waals surface area contributed by atoms with Crippen molar-refractivity contribution >= 4 is 32.7 Å². The molecule has 0 spiro atoms. The van der Waals surface area contributed by atoms with E-state index in [1.165, 1.54) is 17.0 Å². The molecule has 0 saturated carbocycles. The minimum Gasteiger partial charge on any atom is -0.390 e. The van der Waals surface area contributed by atoms with Crippen LogP contribution in [0.15, 0.2) is 53.7 Å². The van der Waals surface area contributed by atoms with Gasteiger partial charge in [-0.3, -0.25) is 4.79 Å². The van der Waals surface area contributed by atoms with Gasteiger partial charge in [-0.25, -0.2) is 13.0 Å². The number of sulfonamides is 1. The Hall–Kier alpha value is -3.31. The zero-order chi connectivity index (χ0) is 25.2. The zero-order valence-corrected chi connectivity index (χ0v) is 20.6. The second kappa shape index (κ2) is 10.1. The smallest absolute Gasteiger partial charge is 0.390 e. The highest BCUT2D eigenvalue weighted by atomic mass is 32.2. The number of aromatic nitrogens is 2. The predicted octanol–water partition coefficient (Wildman–Crippen LogP) is 3.25. The lowest BCUT2D eigenvalue weighted by atomic mass is 9.98. The van der Waals surface area contributed by atoms with Gasteiger partial charge in [-0.05, 0) is 47.6 Å². The lowest BCUT2D eigenvalue weighted by Gasteiger charge is -2.33. The SMILES string of the molecule is Cc1ccc(S(=O)(=O)NC(CCn2ccnc2[N+](=O)[O-])C(=O)N2CCC(C)CC2)c2ccccc12. The molecule has 35 heavy (non-hydrogen) atoms. The van der Waals surface area contributed by atoms with Crippen LogP contribution in [0.1, 0.15) is 31.7 Å². The normalized spacial score (nSPS) is 15.9. The summed E-state index contributed by atoms with van der Waals surface area (Å²) in [5, 5.41) is 12.6. The van der Waals surface area contributed by atoms with Gasteiger partial charge < -0.3 is 15.0 Å². The number of aryl methyl sites for hydroxylation is 2. The van der Waals surface area contributed by atoms with Gasteiger partial charge in [0.05, 0.1) is 11.4 Å². The van der Waals surface area contributed by atoms with Crippen molar-refractivity contribution in [2.45, 2.75) is 50.6 Å². The third kappa shape index (κ3) is 5.35. The Morgan fingerprint density at radius 1 is 1.20 bits per heavy atom. The van der Waals surface area contributed by atoms with Gasteiger partial charge in [-0.1, -0.05) is 42.2 Å². The number of hydrogen-bond acceptors (Lipinski definition) is 6. The number of nitrogens with zero attached hydrogens (tertiary/aromatic N) is 4. The molecule has 1 amide bonds. The molecule has 0 radical (unpaired) electrons. The summed E-state index contributed by atoms with van der Waals surface area (Å²) in [7, 11) is -4.07. The standard InChI is InChI=1S/C24H29N5O5S/c1-17-9-13-27(14-10-17)23(30)21(11-15-28-16-12-25-24(28)29(31)32)26-35(33,34)22-8-7-18(2)19-5-3-4-6-20(19)22/h3-8,12,16-17,21,26H,9-11,13-15H2,1-2H3. The molecular weight excluding hydrogens is 470 g/mol. The van der Waals surface area contributed by atoms with E-state index in [1.807, 2.05) is 19.1 Å². The van der Waals surface area contributed by atoms with Crippen LogP contribution >= 0.6 is 0 Å². The summed E-state index contributed by atoms with van der Waals surface area (Å²) in [5.41, 5.74) is 0.946. The van der Waals surface area contributed by atoms with E-state index in [0.29, 0.717) is 24.4 Å². The number of likely N-dealkylation sites (tertiary alicyclic amines) is 1. The maximum Gasteiger partial charge on any atom is 0.434 e. The average molecular weight is 500 g/mol. The van der Waals surface area contributed by atoms with Crippen molar-refractivity contribution in [3.8, 4) is 0 Å². The highest BCUT2D eigenvalue weighted by Crippen LogP contribution is 2.26. The molecule has 1 fully saturated rings. The molecule has 2 aromatic carbocycles. The number of carbonyl (C=O) groups excluding carboxylic acids is 1. The van der Waals surface area contributed by atoms with E-state index >= 15 is 0 Å². The van der Waals surface area contributed by atoms with E-state index in [1.54, 1.807) is 29.2 Å². The summed E-state index contributed by atoms with van der Waals surface area (Å²) in [6.07, 6.45) is 4.50. The Morgan fingerprint density at radius 3 is 2.57 bits per heavy atom. The molecule has 1 atom stereocenters. The molecular formula is C24H29N5O5S. The van der Waals surface area contributed by atoms with Crippen LogP contribution in [0.2, 0.25) is 0 Å². The molecule has 3 aromatic rings. The van der Waals surface area contributed by atoms with Gasteiger partial charge in [0.1, 0.15) is 18.4 Å². The first-order valence-corrected chi connectivity index (χ1v) is 13.1. The summed E-state index contributed by atoms with van der Waals surface area (Å²) in [6, 6.07) is 9.44. The molecule has 1 unspecified atom stereocenters. The van der Waals surface area contributed by atoms with Crippen LogP contribution in [0.3, 0.4) is 0 Å². The Bertz CT molecular complexity index is 1350. The molecule has 1 aliphatic heterocycles. The summed E-state index contributed by atoms with van der Waals surface area (Å²) < 4.78 is 31.0. The monoisotopic (exact) mass is 499 g/mol. The second-order valence-corrected chi connectivity index (χ2v) is 10.8. The van der Waals surface area contributed by atoms with Crippen LogP contribution in [0.25, 0.3) is 10.8 Å². The van der Waals surface area contributed by atoms with Crippen LogP contribution in [0, 0.1) is 23.0 Å². The number of piperidine rings is 1. The van der Waals surface area contributed by atoms with Crippen molar-refractivity contribution < 1.29 is 18.1 Å². The number of hydrogen-bond donors (Lipinski definition) is 1. The fourth-order valence-electron chi connectivity index (χ4n) is 4.51. The molecule has 0 bridgehead atoms. The number of benzene rings is 2. The largest absolute Gasteiger partial charge is 0.434 e. The van der Waals surface area contributed by atoms with E-state index in [-0.39, 0.29) is 29.7 Å². The van der Waals surface area contributed by atoms with Gasteiger partial charge in [0, 0.05) is 24.9 Å². The van der Waals surface area contributed by atoms with E-state index in [2.05, 4.69) is 16.6 Å². The number of fused-ring (bicyclic) bond motifs is 1. The Balaban J connectivity index is 1.64. The predicted molar refractivity (Wildman–Crippen MR) is 131 cm³/mol. The minimum absolute atomic E-state index is 0.0467. The van der Waals surface area contributed by atoms with Crippen molar-refractivity contribution in [1.29, 1.82) is 0 Å². The Kier molecular flexibility index (Phi) is 7.18. The van der Waals surface area contributed by atoms with E-state index in [4.69, 9.17) is 0 Å². The first-order chi connectivity index (χ1) is 16.7. The van der Waals surface area contributed by atoms with Crippen LogP contribution in [0.5, 0.6) is 0 Å². The molecule has 0 aliphatic carbocycles. The van der Waals surface area contributed by atoms with Crippen LogP contribution < -0.4 is 4.72 Å². The highest BCUT2D eigenvalue weighted by molar-refractivity contribution is 7.89. The fraction of sp³-hybridized carbons (Fsp3) is 0.417. The molecule has 1 N–H and O–H groups in total. The molecule has 1 aliphatic rings. The van der Waals surface area contributed by atoms with E-state index in [9.17, 15) is 23.3 Å². The topological polar surface area (TPSA) is 127 Å². The molecule has 186 valence electrons. The molecule has 2 heterocycles. The summed E-state index contributed by atoms with van der Waals surface area (Å²) in [5.74, 6) is -0.170. The molecule has 10 nitrogen and oxygen atoms in total. The number of rotatable bonds is 8. The van der Waals surface area contributed by atoms with Gasteiger partial charge in [-0.2, -0.15) is 4.72 Å². The molecule has 11 heteroatoms. The number of nitrogens with one attached hydrogen (secondary N) is 1. The lowest BCUT2D eigenvalue weighted by molar-refractivity contribution is -0.396. The first-order valence-electron chi connectivity index (χ1n) is 11.6. The number of imidazole rings is 1. The molecule has 4 rings (SSSR count). The maximum absolute atomic E-state index is 13.5. The van der Waals surface area contributed by atoms with Crippen molar-refractivity contribution in [1.82, 2.24) is 19.2 Å². The van der Waals surface area contributed by atoms with Crippen LogP contribution in [0.4, 0.5) is 5.95 Å². The highest BCUT2D eigenvalue weighted by Gasteiger charge is 2.32. The van der Waals surface area contributed by atoms with Crippen LogP contribution in [-0.4, -0.2) is 52.8 Å². The third-order valence-electron chi connectivity index (χ3n) is 6.60. The third-order valence-corrected chi connectivity index (χ3v) is 8.13. The lowest BCUT2D eigenvalue weighted by Crippen LogP contribution is -2.50. The quantitative estimate of drug-likeness (QED) is 0.374. The van der Waals surface area contributed by atoms with E-state index < -0.39 is 21.0 Å². The average Bonchev–Trinajstić information content (AvgIpc) is 3.31. The summed E-state index contributed by atoms with van der Waals surface area (Å²) >= 11 is 0. The first kappa shape index (κ1) is 24.8. The van der Waals surface area contributed by atoms with Gasteiger partial charge in [0.15, 0.2) is 0 Å². The van der Waals surface area contributed by atoms with Crippen molar-refractivity contribution in [3.05, 3.63) is 64.5 Å². The second-order valence-electron chi connectivity index (χ2n) is 9.07. The summed E-state index contributed by atoms with van der Waals surface area (Å²) in [4.78, 5) is 29.6. The zero-order valence-electron chi connectivity index (χ0n) is 19.8. The van der Waals surface area contributed by atoms with Crippen molar-refractivity contribution in [2.24, 2.45) is 5.92 Å². The summed E-state index contributed by atoms with van der Waals surface area (Å²) in [6.45, 7) is 5.21. The maximum atomic E-state index is 13.5. The van der Waals surface area contributed by atoms with Crippen molar-refractivity contribution in [3.63, 3.8) is 0 Å². The van der Waals surface area contributed by atoms with Crippen molar-refractivity contribution in [2.75, 3.05) is 13.1 Å². The Morgan fingerprint density at radius 2 is 1.89 bits per heavy atom. The fourth-order valence-corrected chi connectivity index (χ4v) is 5.94. The molecule has 1 saturated heterocycles. The minimum atomic E-state index is -4.07. The van der Waals surface area contributed by atoms with Gasteiger partial charge >= 0.3 is 5.95 Å².